The zero-order chi connectivity index (χ0) is 37.7. The number of carbonyl (C=O) groups excluding carboxylic acids is 2. The van der Waals surface area contributed by atoms with E-state index in [1.807, 2.05) is 0 Å². The monoisotopic (exact) mass is 745 g/mol. The molecule has 0 bridgehead atoms. The molecule has 0 atom stereocenters. The molecule has 2 amide bonds. The largest absolute Gasteiger partial charge is 0.377 e. The highest BCUT2D eigenvalue weighted by molar-refractivity contribution is 5.77. The second-order valence-corrected chi connectivity index (χ2v) is 14.0. The predicted octanol–water partition coefficient (Wildman–Crippen LogP) is 8.72. The summed E-state index contributed by atoms with van der Waals surface area (Å²) in [6.07, 6.45) is 31.5. The van der Waals surface area contributed by atoms with E-state index in [0.717, 1.165) is 25.9 Å². The van der Waals surface area contributed by atoms with Gasteiger partial charge < -0.3 is 39.1 Å². The molecule has 0 radical (unpaired) electrons. The van der Waals surface area contributed by atoms with Crippen molar-refractivity contribution in [2.24, 2.45) is 0 Å². The Kier molecular flexibility index (Phi) is 44.7. The van der Waals surface area contributed by atoms with Crippen LogP contribution in [-0.4, -0.2) is 104 Å². The van der Waals surface area contributed by atoms with E-state index in [1.54, 1.807) is 0 Å². The molecule has 0 saturated heterocycles. The van der Waals surface area contributed by atoms with Crippen molar-refractivity contribution in [2.75, 3.05) is 92.4 Å². The van der Waals surface area contributed by atoms with Crippen LogP contribution < -0.4 is 10.6 Å². The molecule has 0 aromatic heterocycles. The first-order chi connectivity index (χ1) is 25.7. The Labute approximate surface area is 320 Å². The predicted molar refractivity (Wildman–Crippen MR) is 213 cm³/mol. The number of hydrogen-bond acceptors (Lipinski definition) is 8. The highest BCUT2D eigenvalue weighted by Crippen LogP contribution is 2.13. The zero-order valence-corrected chi connectivity index (χ0v) is 34.1. The first-order valence-corrected chi connectivity index (χ1v) is 21.7. The van der Waals surface area contributed by atoms with Gasteiger partial charge in [0.25, 0.3) is 0 Å². The van der Waals surface area contributed by atoms with Crippen LogP contribution in [0.2, 0.25) is 0 Å². The highest BCUT2D eigenvalue weighted by atomic mass is 16.6. The molecule has 0 saturated carbocycles. The van der Waals surface area contributed by atoms with E-state index in [0.29, 0.717) is 66.1 Å². The summed E-state index contributed by atoms with van der Waals surface area (Å²) in [4.78, 5) is 23.8. The van der Waals surface area contributed by atoms with E-state index in [4.69, 9.17) is 28.4 Å². The maximum absolute atomic E-state index is 11.9. The standard InChI is InChI=1S/C42H84N2O8/c1-3-5-7-9-11-13-15-17-19-21-23-25-27-43-41(45)39-51-37-35-49-33-31-47-29-30-48-32-34-50-36-38-52-40-42(46)44-28-26-24-22-20-18-16-14-12-10-8-6-4-2/h3-40H2,1-2H3,(H,43,45)(H,44,46). The number of hydrogen-bond donors (Lipinski definition) is 2. The number of rotatable bonds is 45. The smallest absolute Gasteiger partial charge is 0.245 e. The van der Waals surface area contributed by atoms with E-state index in [-0.39, 0.29) is 25.0 Å². The fourth-order valence-electron chi connectivity index (χ4n) is 5.82. The summed E-state index contributed by atoms with van der Waals surface area (Å²) in [6.45, 7) is 10.6. The van der Waals surface area contributed by atoms with Crippen LogP contribution in [0.5, 0.6) is 0 Å². The molecule has 0 unspecified atom stereocenters. The first-order valence-electron chi connectivity index (χ1n) is 21.7. The molecule has 2 N–H and O–H groups in total. The van der Waals surface area contributed by atoms with Gasteiger partial charge in [-0.05, 0) is 12.8 Å². The van der Waals surface area contributed by atoms with Crippen molar-refractivity contribution in [3.05, 3.63) is 0 Å². The molecule has 0 rings (SSSR count). The van der Waals surface area contributed by atoms with Gasteiger partial charge in [0.2, 0.25) is 11.8 Å². The fourth-order valence-corrected chi connectivity index (χ4v) is 5.82. The summed E-state index contributed by atoms with van der Waals surface area (Å²) >= 11 is 0. The average Bonchev–Trinajstić information content (AvgIpc) is 3.14. The van der Waals surface area contributed by atoms with E-state index in [1.165, 1.54) is 141 Å². The molecule has 310 valence electrons. The minimum atomic E-state index is -0.0650. The molecular formula is C42H84N2O8. The quantitative estimate of drug-likeness (QED) is 0.0596. The molecule has 0 spiro atoms. The lowest BCUT2D eigenvalue weighted by Gasteiger charge is -2.09. The minimum absolute atomic E-state index is 0.0650. The van der Waals surface area contributed by atoms with Gasteiger partial charge in [-0.15, -0.1) is 0 Å². The fraction of sp³-hybridized carbons (Fsp3) is 0.952. The molecule has 0 aliphatic heterocycles. The number of carbonyl (C=O) groups is 2. The van der Waals surface area contributed by atoms with Crippen LogP contribution in [0.1, 0.15) is 168 Å². The first kappa shape index (κ1) is 50.7. The third kappa shape index (κ3) is 44.9. The lowest BCUT2D eigenvalue weighted by Crippen LogP contribution is -2.29. The van der Waals surface area contributed by atoms with Crippen LogP contribution in [0, 0.1) is 0 Å². The van der Waals surface area contributed by atoms with Gasteiger partial charge in [-0.25, -0.2) is 0 Å². The molecule has 52 heavy (non-hydrogen) atoms. The van der Waals surface area contributed by atoms with Gasteiger partial charge in [0.05, 0.1) is 66.1 Å². The summed E-state index contributed by atoms with van der Waals surface area (Å²) in [5.74, 6) is -0.130. The molecule has 10 nitrogen and oxygen atoms in total. The van der Waals surface area contributed by atoms with Crippen molar-refractivity contribution in [3.8, 4) is 0 Å². The summed E-state index contributed by atoms with van der Waals surface area (Å²) in [5, 5.41) is 5.86. The van der Waals surface area contributed by atoms with Crippen LogP contribution >= 0.6 is 0 Å². The number of amides is 2. The maximum atomic E-state index is 11.9. The lowest BCUT2D eigenvalue weighted by molar-refractivity contribution is -0.127. The molecule has 10 heteroatoms. The van der Waals surface area contributed by atoms with Crippen molar-refractivity contribution in [1.82, 2.24) is 10.6 Å². The van der Waals surface area contributed by atoms with Gasteiger partial charge in [0, 0.05) is 13.1 Å². The lowest BCUT2D eigenvalue weighted by atomic mass is 10.1. The Morgan fingerprint density at radius 1 is 0.308 bits per heavy atom. The second-order valence-electron chi connectivity index (χ2n) is 14.0. The molecule has 0 aromatic rings. The average molecular weight is 745 g/mol. The third-order valence-electron chi connectivity index (χ3n) is 9.03. The summed E-state index contributed by atoms with van der Waals surface area (Å²) in [7, 11) is 0. The van der Waals surface area contributed by atoms with Crippen LogP contribution in [0.3, 0.4) is 0 Å². The molecule has 0 fully saturated rings. The topological polar surface area (TPSA) is 114 Å². The van der Waals surface area contributed by atoms with Gasteiger partial charge in [-0.2, -0.15) is 0 Å². The zero-order valence-electron chi connectivity index (χ0n) is 34.1. The van der Waals surface area contributed by atoms with E-state index >= 15 is 0 Å². The van der Waals surface area contributed by atoms with Gasteiger partial charge in [-0.3, -0.25) is 9.59 Å². The van der Waals surface area contributed by atoms with Crippen molar-refractivity contribution in [2.45, 2.75) is 168 Å². The summed E-state index contributed by atoms with van der Waals surface area (Å²) in [5.41, 5.74) is 0. The Morgan fingerprint density at radius 3 is 0.769 bits per heavy atom. The second kappa shape index (κ2) is 45.9. The minimum Gasteiger partial charge on any atom is -0.377 e. The molecule has 0 heterocycles. The van der Waals surface area contributed by atoms with Gasteiger partial charge in [0.1, 0.15) is 13.2 Å². The van der Waals surface area contributed by atoms with Crippen molar-refractivity contribution >= 4 is 11.8 Å². The van der Waals surface area contributed by atoms with Gasteiger partial charge in [0.15, 0.2) is 0 Å². The van der Waals surface area contributed by atoms with Crippen molar-refractivity contribution in [1.29, 1.82) is 0 Å². The number of ether oxygens (including phenoxy) is 6. The molecule has 0 aliphatic carbocycles. The SMILES string of the molecule is CCCCCCCCCCCCCCNC(=O)COCCOCCOCCOCCOCCOCC(=O)NCCCCCCCCCCCCCC. The summed E-state index contributed by atoms with van der Waals surface area (Å²) in [6, 6.07) is 0. The molecule has 0 aromatic carbocycles. The van der Waals surface area contributed by atoms with E-state index in [2.05, 4.69) is 24.5 Å². The van der Waals surface area contributed by atoms with Crippen LogP contribution in [-0.2, 0) is 38.0 Å². The Bertz CT molecular complexity index is 657. The molecule has 0 aliphatic rings. The number of nitrogens with one attached hydrogen (secondary N) is 2. The Hall–Kier alpha value is -1.30. The van der Waals surface area contributed by atoms with Crippen LogP contribution in [0.25, 0.3) is 0 Å². The Balaban J connectivity index is 3.20. The molecular weight excluding hydrogens is 660 g/mol. The third-order valence-corrected chi connectivity index (χ3v) is 9.03. The maximum Gasteiger partial charge on any atom is 0.245 e. The van der Waals surface area contributed by atoms with Crippen LogP contribution in [0.15, 0.2) is 0 Å². The van der Waals surface area contributed by atoms with E-state index in [9.17, 15) is 9.59 Å². The Morgan fingerprint density at radius 2 is 0.519 bits per heavy atom. The van der Waals surface area contributed by atoms with Gasteiger partial charge in [-0.1, -0.05) is 155 Å². The highest BCUT2D eigenvalue weighted by Gasteiger charge is 2.03. The van der Waals surface area contributed by atoms with Gasteiger partial charge >= 0.3 is 0 Å². The van der Waals surface area contributed by atoms with Crippen LogP contribution in [0.4, 0.5) is 0 Å². The van der Waals surface area contributed by atoms with Crippen molar-refractivity contribution in [3.63, 3.8) is 0 Å². The van der Waals surface area contributed by atoms with Crippen molar-refractivity contribution < 1.29 is 38.0 Å². The van der Waals surface area contributed by atoms with E-state index < -0.39 is 0 Å². The summed E-state index contributed by atoms with van der Waals surface area (Å²) < 4.78 is 32.7. The normalized spacial score (nSPS) is 11.3. The number of unbranched alkanes of at least 4 members (excludes halogenated alkanes) is 22.